The van der Waals surface area contributed by atoms with Crippen molar-refractivity contribution in [2.45, 2.75) is 5.60 Å². The lowest BCUT2D eigenvalue weighted by atomic mass is 10.0. The van der Waals surface area contributed by atoms with Gasteiger partial charge in [-0.1, -0.05) is 24.1 Å². The molecule has 0 aliphatic carbocycles. The summed E-state index contributed by atoms with van der Waals surface area (Å²) in [5.41, 5.74) is 0.337. The fourth-order valence-corrected chi connectivity index (χ4v) is 3.42. The van der Waals surface area contributed by atoms with Crippen molar-refractivity contribution in [2.75, 3.05) is 38.3 Å². The van der Waals surface area contributed by atoms with Crippen LogP contribution in [0.2, 0.25) is 0 Å². The monoisotopic (exact) mass is 515 g/mol. The standard InChI is InChI=1S/C28H25N3O7/c1-31(19-32)25-15-21(9-11-28(37-20-33)17-35-18-28)7-8-26(25)36-14-13-30-27(34)24-16-23(10-12-29-24)38-22-5-3-2-4-6-22/h2-8,10,12,15-16,19-20H,13-14,17-18H2,1H3,(H,30,34). The summed E-state index contributed by atoms with van der Waals surface area (Å²) in [5.74, 6) is 7.06. The van der Waals surface area contributed by atoms with E-state index in [1.165, 1.54) is 11.1 Å². The van der Waals surface area contributed by atoms with Gasteiger partial charge in [-0.3, -0.25) is 19.4 Å². The molecule has 4 rings (SSSR count). The normalized spacial score (nSPS) is 13.1. The zero-order chi connectivity index (χ0) is 26.8. The third kappa shape index (κ3) is 6.66. The van der Waals surface area contributed by atoms with Crippen molar-refractivity contribution in [3.05, 3.63) is 78.1 Å². The maximum atomic E-state index is 12.6. The molecule has 1 saturated heterocycles. The molecule has 194 valence electrons. The van der Waals surface area contributed by atoms with E-state index >= 15 is 0 Å². The van der Waals surface area contributed by atoms with Gasteiger partial charge < -0.3 is 29.2 Å². The summed E-state index contributed by atoms with van der Waals surface area (Å²) >= 11 is 0. The van der Waals surface area contributed by atoms with Crippen molar-refractivity contribution in [2.24, 2.45) is 0 Å². The van der Waals surface area contributed by atoms with Gasteiger partial charge in [0.2, 0.25) is 12.0 Å². The van der Waals surface area contributed by atoms with E-state index in [-0.39, 0.29) is 38.0 Å². The van der Waals surface area contributed by atoms with Crippen molar-refractivity contribution < 1.29 is 33.3 Å². The number of ether oxygens (including phenoxy) is 4. The summed E-state index contributed by atoms with van der Waals surface area (Å²) in [6.45, 7) is 1.09. The van der Waals surface area contributed by atoms with Crippen LogP contribution in [0.3, 0.4) is 0 Å². The molecule has 3 aromatic rings. The Bertz CT molecular complexity index is 1350. The summed E-state index contributed by atoms with van der Waals surface area (Å²) in [4.78, 5) is 40.2. The number of para-hydroxylation sites is 1. The molecular formula is C28H25N3O7. The van der Waals surface area contributed by atoms with E-state index in [0.717, 1.165) is 0 Å². The molecule has 1 fully saturated rings. The number of aromatic nitrogens is 1. The summed E-state index contributed by atoms with van der Waals surface area (Å²) in [6, 6.07) is 17.5. The second-order valence-electron chi connectivity index (χ2n) is 8.25. The topological polar surface area (TPSA) is 116 Å². The van der Waals surface area contributed by atoms with Crippen LogP contribution in [-0.2, 0) is 19.1 Å². The fraction of sp³-hybridized carbons (Fsp3) is 0.214. The number of carbonyl (C=O) groups is 3. The first-order chi connectivity index (χ1) is 18.5. The highest BCUT2D eigenvalue weighted by atomic mass is 16.6. The van der Waals surface area contributed by atoms with Crippen LogP contribution in [0.4, 0.5) is 5.69 Å². The van der Waals surface area contributed by atoms with E-state index in [1.807, 2.05) is 30.3 Å². The Balaban J connectivity index is 1.35. The predicted octanol–water partition coefficient (Wildman–Crippen LogP) is 2.57. The smallest absolute Gasteiger partial charge is 0.294 e. The largest absolute Gasteiger partial charge is 0.490 e. The number of nitrogens with one attached hydrogen (secondary N) is 1. The zero-order valence-corrected chi connectivity index (χ0v) is 20.6. The Morgan fingerprint density at radius 1 is 1.13 bits per heavy atom. The SMILES string of the molecule is CN(C=O)c1cc(C#CC2(OC=O)COC2)ccc1OCCNC(=O)c1cc(Oc2ccccc2)ccn1. The molecule has 10 nitrogen and oxygen atoms in total. The average molecular weight is 516 g/mol. The highest BCUT2D eigenvalue weighted by Crippen LogP contribution is 2.28. The average Bonchev–Trinajstić information content (AvgIpc) is 2.93. The van der Waals surface area contributed by atoms with Gasteiger partial charge >= 0.3 is 0 Å². The number of hydrogen-bond donors (Lipinski definition) is 1. The van der Waals surface area contributed by atoms with Gasteiger partial charge in [0, 0.05) is 24.9 Å². The van der Waals surface area contributed by atoms with Crippen LogP contribution in [-0.4, -0.2) is 62.8 Å². The maximum Gasteiger partial charge on any atom is 0.294 e. The molecule has 1 aromatic heterocycles. The lowest BCUT2D eigenvalue weighted by Gasteiger charge is -2.34. The minimum absolute atomic E-state index is 0.143. The van der Waals surface area contributed by atoms with Gasteiger partial charge in [0.05, 0.1) is 12.2 Å². The Kier molecular flexibility index (Phi) is 8.53. The number of amides is 2. The van der Waals surface area contributed by atoms with Crippen LogP contribution in [0.25, 0.3) is 0 Å². The lowest BCUT2D eigenvalue weighted by molar-refractivity contribution is -0.179. The fourth-order valence-electron chi connectivity index (χ4n) is 3.42. The van der Waals surface area contributed by atoms with Gasteiger partial charge in [-0.05, 0) is 42.3 Å². The van der Waals surface area contributed by atoms with E-state index in [9.17, 15) is 14.4 Å². The maximum absolute atomic E-state index is 12.6. The van der Waals surface area contributed by atoms with Gasteiger partial charge in [-0.2, -0.15) is 0 Å². The molecule has 38 heavy (non-hydrogen) atoms. The van der Waals surface area contributed by atoms with E-state index in [2.05, 4.69) is 22.1 Å². The second kappa shape index (κ2) is 12.4. The van der Waals surface area contributed by atoms with Crippen LogP contribution in [0.15, 0.2) is 66.9 Å². The van der Waals surface area contributed by atoms with Crippen LogP contribution in [0.5, 0.6) is 17.2 Å². The summed E-state index contributed by atoms with van der Waals surface area (Å²) < 4.78 is 21.7. The summed E-state index contributed by atoms with van der Waals surface area (Å²) in [7, 11) is 1.58. The van der Waals surface area contributed by atoms with Gasteiger partial charge in [-0.15, -0.1) is 0 Å². The van der Waals surface area contributed by atoms with Gasteiger partial charge in [0.1, 0.15) is 42.8 Å². The first-order valence-electron chi connectivity index (χ1n) is 11.7. The number of benzene rings is 2. The Morgan fingerprint density at radius 2 is 1.95 bits per heavy atom. The Morgan fingerprint density at radius 3 is 2.66 bits per heavy atom. The van der Waals surface area contributed by atoms with Crippen molar-refractivity contribution in [1.29, 1.82) is 0 Å². The van der Waals surface area contributed by atoms with E-state index in [1.54, 1.807) is 37.4 Å². The molecule has 2 amide bonds. The molecule has 1 aliphatic rings. The number of rotatable bonds is 11. The van der Waals surface area contributed by atoms with Crippen LogP contribution < -0.4 is 19.7 Å². The number of hydrogen-bond acceptors (Lipinski definition) is 8. The lowest BCUT2D eigenvalue weighted by Crippen LogP contribution is -2.50. The Labute approximate surface area is 219 Å². The van der Waals surface area contributed by atoms with Crippen molar-refractivity contribution in [3.8, 4) is 29.1 Å². The van der Waals surface area contributed by atoms with Crippen LogP contribution >= 0.6 is 0 Å². The summed E-state index contributed by atoms with van der Waals surface area (Å²) in [6.07, 6.45) is 2.15. The van der Waals surface area contributed by atoms with Gasteiger partial charge in [0.15, 0.2) is 0 Å². The molecular weight excluding hydrogens is 490 g/mol. The molecule has 0 radical (unpaired) electrons. The third-order valence-electron chi connectivity index (χ3n) is 5.46. The second-order valence-corrected chi connectivity index (χ2v) is 8.25. The third-order valence-corrected chi connectivity index (χ3v) is 5.46. The highest BCUT2D eigenvalue weighted by Gasteiger charge is 2.39. The molecule has 2 aromatic carbocycles. The number of pyridine rings is 1. The molecule has 2 heterocycles. The summed E-state index contributed by atoms with van der Waals surface area (Å²) in [5, 5.41) is 2.75. The molecule has 0 spiro atoms. The number of anilines is 1. The molecule has 1 N–H and O–H groups in total. The zero-order valence-electron chi connectivity index (χ0n) is 20.6. The van der Waals surface area contributed by atoms with Crippen LogP contribution in [0.1, 0.15) is 16.1 Å². The molecule has 0 atom stereocenters. The number of carbonyl (C=O) groups excluding carboxylic acids is 3. The first-order valence-corrected chi connectivity index (χ1v) is 11.7. The first kappa shape index (κ1) is 26.2. The highest BCUT2D eigenvalue weighted by molar-refractivity contribution is 5.92. The van der Waals surface area contributed by atoms with Gasteiger partial charge in [0.25, 0.3) is 12.4 Å². The molecule has 0 unspecified atom stereocenters. The van der Waals surface area contributed by atoms with Crippen molar-refractivity contribution in [3.63, 3.8) is 0 Å². The Hall–Kier alpha value is -4.88. The van der Waals surface area contributed by atoms with Crippen LogP contribution in [0, 0.1) is 11.8 Å². The molecule has 1 aliphatic heterocycles. The van der Waals surface area contributed by atoms with E-state index in [4.69, 9.17) is 18.9 Å². The van der Waals surface area contributed by atoms with Gasteiger partial charge in [-0.25, -0.2) is 0 Å². The quantitative estimate of drug-likeness (QED) is 0.235. The predicted molar refractivity (Wildman–Crippen MR) is 137 cm³/mol. The molecule has 0 saturated carbocycles. The molecule has 10 heteroatoms. The minimum Gasteiger partial charge on any atom is -0.490 e. The van der Waals surface area contributed by atoms with E-state index < -0.39 is 5.60 Å². The van der Waals surface area contributed by atoms with Crippen molar-refractivity contribution in [1.82, 2.24) is 10.3 Å². The molecule has 0 bridgehead atoms. The van der Waals surface area contributed by atoms with Crippen molar-refractivity contribution >= 4 is 24.5 Å². The number of nitrogens with zero attached hydrogens (tertiary/aromatic N) is 2. The van der Waals surface area contributed by atoms with E-state index in [0.29, 0.717) is 41.4 Å². The minimum atomic E-state index is -0.950.